The van der Waals surface area contributed by atoms with Gasteiger partial charge in [0.2, 0.25) is 46.0 Å². The smallest absolute Gasteiger partial charge is 0.409 e. The van der Waals surface area contributed by atoms with E-state index in [9.17, 15) is 118 Å². The fourth-order valence-corrected chi connectivity index (χ4v) is 22.7. The van der Waals surface area contributed by atoms with Gasteiger partial charge in [-0.15, -0.1) is 0 Å². The Bertz CT molecular complexity index is 6270. The molecule has 8 amide bonds. The summed E-state index contributed by atoms with van der Waals surface area (Å²) in [6.45, 7) is 4.45. The second kappa shape index (κ2) is 52.1. The lowest BCUT2D eigenvalue weighted by Crippen LogP contribution is -2.62. The predicted molar refractivity (Wildman–Crippen MR) is 508 cm³/mol. The Morgan fingerprint density at radius 1 is 0.361 bits per heavy atom. The van der Waals surface area contributed by atoms with Gasteiger partial charge < -0.3 is 48.6 Å². The monoisotopic (exact) mass is 2220 g/mol. The minimum absolute atomic E-state index is 0.000410. The molecule has 6 saturated heterocycles. The number of hydrogen-bond donors (Lipinski definition) is 9. The number of piperazine rings is 4. The van der Waals surface area contributed by atoms with E-state index in [4.69, 9.17) is 80.5 Å². The molecule has 9 N–H and O–H groups in total. The van der Waals surface area contributed by atoms with Crippen LogP contribution in [0.2, 0.25) is 20.1 Å². The Labute approximate surface area is 858 Å². The molecule has 0 aliphatic carbocycles. The lowest BCUT2D eigenvalue weighted by molar-refractivity contribution is -0.137. The molecular weight excluding hydrogens is 2130 g/mol. The third kappa shape index (κ3) is 30.0. The number of nitrogens with zero attached hydrogens (tertiary/aromatic N) is 11. The van der Waals surface area contributed by atoms with Gasteiger partial charge in [-0.3, -0.25) is 64.3 Å². The van der Waals surface area contributed by atoms with Crippen LogP contribution in [-0.4, -0.2) is 336 Å². The number of rotatable bonds is 31. The molecule has 41 nitrogen and oxygen atoms in total. The van der Waals surface area contributed by atoms with Crippen molar-refractivity contribution in [3.05, 3.63) is 212 Å². The van der Waals surface area contributed by atoms with Gasteiger partial charge in [-0.1, -0.05) is 53.3 Å². The van der Waals surface area contributed by atoms with E-state index in [0.29, 0.717) is 96.9 Å². The van der Waals surface area contributed by atoms with E-state index in [2.05, 4.69) is 15.1 Å². The first-order valence-corrected chi connectivity index (χ1v) is 52.1. The quantitative estimate of drug-likeness (QED) is 0.0111. The Hall–Kier alpha value is -11.6. The molecule has 0 radical (unpaired) electrons. The number of Topliss-reactive ketones (excluding diaryl/α,β-unsaturated/α-hetero) is 1. The van der Waals surface area contributed by atoms with Crippen molar-refractivity contribution in [2.75, 3.05) is 158 Å². The van der Waals surface area contributed by atoms with Crippen LogP contribution in [0.15, 0.2) is 165 Å². The topological polar surface area (TPSA) is 496 Å². The minimum Gasteiger partial charge on any atom is -0.451 e. The summed E-state index contributed by atoms with van der Waals surface area (Å²) >= 11 is 23.1. The number of carbonyl (C=O) groups excluding carboxylic acids is 8. The van der Waals surface area contributed by atoms with E-state index < -0.39 is 202 Å². The highest BCUT2D eigenvalue weighted by Crippen LogP contribution is 2.39. The first-order chi connectivity index (χ1) is 69.7. The van der Waals surface area contributed by atoms with Crippen molar-refractivity contribution < 1.29 is 152 Å². The number of hydroxylamine groups is 4. The molecule has 8 aromatic rings. The first kappa shape index (κ1) is 116. The number of likely N-dealkylation sites (tertiary alicyclic amines) is 2. The van der Waals surface area contributed by atoms with Crippen LogP contribution < -0.4 is 46.2 Å². The molecule has 8 aromatic carbocycles. The highest BCUT2D eigenvalue weighted by Gasteiger charge is 2.48. The zero-order valence-electron chi connectivity index (χ0n) is 78.2. The number of urea groups is 1. The summed E-state index contributed by atoms with van der Waals surface area (Å²) in [6.07, 6.45) is 3.88. The summed E-state index contributed by atoms with van der Waals surface area (Å²) in [5.74, 6) is -18.0. The zero-order valence-corrected chi connectivity index (χ0v) is 84.5. The summed E-state index contributed by atoms with van der Waals surface area (Å²) in [6, 6.07) is 20.7. The largest absolute Gasteiger partial charge is 0.451 e. The van der Waals surface area contributed by atoms with Crippen LogP contribution in [-0.2, 0) is 73.6 Å². The Balaban J connectivity index is 0.000000187. The average molecular weight is 2230 g/mol. The summed E-state index contributed by atoms with van der Waals surface area (Å²) in [5.41, 5.74) is 5.59. The normalized spacial score (nSPS) is 18.0. The lowest BCUT2D eigenvalue weighted by Gasteiger charge is -2.39. The average Bonchev–Trinajstić information content (AvgIpc) is 1.29. The third-order valence-corrected chi connectivity index (χ3v) is 32.1. The zero-order chi connectivity index (χ0) is 107. The van der Waals surface area contributed by atoms with E-state index in [-0.39, 0.29) is 126 Å². The Morgan fingerprint density at radius 3 is 0.912 bits per heavy atom. The van der Waals surface area contributed by atoms with Crippen molar-refractivity contribution in [2.45, 2.75) is 82.8 Å². The summed E-state index contributed by atoms with van der Waals surface area (Å²) in [4.78, 5) is 106. The summed E-state index contributed by atoms with van der Waals surface area (Å²) in [5, 5.41) is 40.9. The van der Waals surface area contributed by atoms with Crippen LogP contribution >= 0.6 is 46.4 Å². The summed E-state index contributed by atoms with van der Waals surface area (Å²) < 4.78 is 253. The third-order valence-electron chi connectivity index (χ3n) is 23.5. The van der Waals surface area contributed by atoms with Crippen molar-refractivity contribution in [3.8, 4) is 46.0 Å². The van der Waals surface area contributed by atoms with Crippen LogP contribution in [0.4, 0.5) is 44.7 Å². The summed E-state index contributed by atoms with van der Waals surface area (Å²) in [7, 11) is -15.4. The molecule has 6 fully saturated rings. The molecule has 0 spiro atoms. The molecule has 6 aliphatic heterocycles. The number of sulfonamides is 4. The van der Waals surface area contributed by atoms with Gasteiger partial charge in [0.1, 0.15) is 59.6 Å². The maximum absolute atomic E-state index is 14.8. The van der Waals surface area contributed by atoms with Crippen LogP contribution in [0.3, 0.4) is 0 Å². The van der Waals surface area contributed by atoms with Crippen molar-refractivity contribution >= 4 is 134 Å². The number of halogens is 12. The van der Waals surface area contributed by atoms with Gasteiger partial charge in [0.15, 0.2) is 69.5 Å². The number of likely N-dealkylation sites (N-methyl/N-ethyl adjacent to an activating group) is 1. The highest BCUT2D eigenvalue weighted by molar-refractivity contribution is 7.90. The second-order valence-electron chi connectivity index (χ2n) is 33.5. The predicted octanol–water partition coefficient (Wildman–Crippen LogP) is 9.47. The minimum atomic E-state index is -4.66. The van der Waals surface area contributed by atoms with E-state index in [1.807, 2.05) is 0 Å². The van der Waals surface area contributed by atoms with E-state index in [1.54, 1.807) is 30.8 Å². The molecule has 4 atom stereocenters. The Morgan fingerprint density at radius 2 is 0.626 bits per heavy atom. The number of nitrogens with one attached hydrogen (secondary N) is 5. The standard InChI is InChI=1S/C24H28ClF2N5O6S.C24H27ClF2N4O7S.C21H23ClF2N4O6S.C21H22ClF2N3O6S/c25-16-3-5-17(6-4-16)38-22-19(26)13-18(14-20(22)27)39(36,37)32-12-11-31(15-21(32)23(33)29-35)24(34)28-7-10-30-8-1-2-9-30;25-16-3-5-17(6-4-16)38-22-19(26)13-18(14-20(22)27)39(35,36)31-10-9-30(15-21(31)23(32)28-34)24(33)37-12-11-29-7-1-2-8-29;1-26(2)19(29)12-27-7-8-28(18(11-27)21(30)25-31)35(32,33)15-9-16(23)20(17(24)10-15)34-14-5-3-13(22)4-6-14;1-2-14(28)11-26-7-8-27(19(12-26)21(29)25-30)34(31,32)16-9-17(23)20(18(24)10-16)33-15-5-3-13(22)4-6-15/h3-6,13-14,21,35H,1-2,7-12,15H2,(H,28,34)(H,29,33);3-6,13-14,21,34H,1-2,7-12,15H2,(H,28,32);3-6,9-10,18,31H,7-8,11-12H2,1-2H3,(H,25,30);3-6,9-10,19,30H,2,7-8,11-12H2,1H3,(H,25,29)/t2*21-;18-;19-/m1111/s1. The molecular formula is C90H100Cl4F8N16O25S4. The lowest BCUT2D eigenvalue weighted by atomic mass is 10.2. The van der Waals surface area contributed by atoms with E-state index >= 15 is 0 Å². The second-order valence-corrected chi connectivity index (χ2v) is 42.8. The van der Waals surface area contributed by atoms with Gasteiger partial charge in [-0.2, -0.15) is 17.2 Å². The van der Waals surface area contributed by atoms with Gasteiger partial charge in [0.05, 0.1) is 32.7 Å². The fraction of sp³-hybridized carbons (Fsp3) is 0.378. The van der Waals surface area contributed by atoms with Crippen LogP contribution in [0.1, 0.15) is 39.0 Å². The molecule has 0 bridgehead atoms. The van der Waals surface area contributed by atoms with Crippen molar-refractivity contribution in [1.29, 1.82) is 0 Å². The number of ketones is 1. The van der Waals surface area contributed by atoms with E-state index in [0.717, 1.165) is 65.4 Å². The SMILES string of the molecule is CCC(=O)CN1CCN(S(=O)(=O)c2cc(F)c(Oc3ccc(Cl)cc3)c(F)c2)[C@@H](C(=O)NO)C1.CN(C)C(=O)CN1CCN(S(=O)(=O)c2cc(F)c(Oc3ccc(Cl)cc3)c(F)c2)[C@@H](C(=O)NO)C1.O=C(NO)[C@H]1CN(C(=O)NCCN2CCCC2)CCN1S(=O)(=O)c1cc(F)c(Oc2ccc(Cl)cc2)c(F)c1.O=C(NO)[C@H]1CN(C(=O)OCCN2CCCC2)CCN1S(=O)(=O)c1cc(F)c(Oc2ccc(Cl)cc2)c(F)c1. The van der Waals surface area contributed by atoms with Crippen molar-refractivity contribution in [1.82, 2.24) is 78.8 Å². The Kier molecular flexibility index (Phi) is 41.0. The molecule has 57 heteroatoms. The van der Waals surface area contributed by atoms with Gasteiger partial charge in [-0.25, -0.2) is 100 Å². The van der Waals surface area contributed by atoms with Gasteiger partial charge >= 0.3 is 12.1 Å². The molecule has 0 saturated carbocycles. The number of amides is 8. The molecule has 6 aliphatic rings. The molecule has 798 valence electrons. The first-order valence-electron chi connectivity index (χ1n) is 44.8. The van der Waals surface area contributed by atoms with Crippen molar-refractivity contribution in [2.24, 2.45) is 0 Å². The molecule has 0 aromatic heterocycles. The molecule has 0 unspecified atom stereocenters. The van der Waals surface area contributed by atoms with Crippen LogP contribution in [0.5, 0.6) is 46.0 Å². The van der Waals surface area contributed by atoms with Crippen LogP contribution in [0, 0.1) is 46.5 Å². The van der Waals surface area contributed by atoms with E-state index in [1.165, 1.54) is 129 Å². The highest BCUT2D eigenvalue weighted by atomic mass is 35.5. The fourth-order valence-electron chi connectivity index (χ4n) is 15.8. The molecule has 147 heavy (non-hydrogen) atoms. The number of benzene rings is 8. The maximum atomic E-state index is 14.8. The van der Waals surface area contributed by atoms with Gasteiger partial charge in [0.25, 0.3) is 23.6 Å². The van der Waals surface area contributed by atoms with Gasteiger partial charge in [0, 0.05) is 139 Å². The molecule has 14 rings (SSSR count). The van der Waals surface area contributed by atoms with Crippen LogP contribution in [0.25, 0.3) is 0 Å². The van der Waals surface area contributed by atoms with Crippen molar-refractivity contribution in [3.63, 3.8) is 0 Å². The number of carbonyl (C=O) groups is 8. The maximum Gasteiger partial charge on any atom is 0.409 e. The number of hydrogen-bond acceptors (Lipinski definition) is 29. The number of ether oxygens (including phenoxy) is 5. The molecule has 6 heterocycles. The van der Waals surface area contributed by atoms with Gasteiger partial charge in [-0.05, 0) is 197 Å².